The number of methoxy groups -OCH3 is 1. The van der Waals surface area contributed by atoms with Crippen LogP contribution < -0.4 is 14.8 Å². The molecule has 0 saturated heterocycles. The van der Waals surface area contributed by atoms with Crippen molar-refractivity contribution in [1.82, 2.24) is 14.9 Å². The van der Waals surface area contributed by atoms with Gasteiger partial charge in [0.15, 0.2) is 5.96 Å². The van der Waals surface area contributed by atoms with E-state index in [2.05, 4.69) is 15.0 Å². The molecule has 7 nitrogen and oxygen atoms in total. The van der Waals surface area contributed by atoms with Crippen molar-refractivity contribution in [3.8, 4) is 5.75 Å². The summed E-state index contributed by atoms with van der Waals surface area (Å²) in [5, 5.41) is 3.52. The van der Waals surface area contributed by atoms with Crippen molar-refractivity contribution < 1.29 is 13.2 Å². The van der Waals surface area contributed by atoms with E-state index in [1.807, 2.05) is 36.2 Å². The Hall–Kier alpha value is -1.56. The average molecular weight is 553 g/mol. The van der Waals surface area contributed by atoms with E-state index in [1.165, 1.54) is 12.1 Å². The number of rotatable bonds is 8. The third-order valence-electron chi connectivity index (χ3n) is 3.98. The van der Waals surface area contributed by atoms with E-state index in [0.29, 0.717) is 24.1 Å². The Bertz CT molecular complexity index is 925. The fourth-order valence-electron chi connectivity index (χ4n) is 2.63. The molecule has 0 aliphatic rings. The number of guanidine groups is 1. The molecule has 0 amide bonds. The van der Waals surface area contributed by atoms with Crippen LogP contribution in [-0.2, 0) is 16.6 Å². The molecule has 0 atom stereocenters. The number of nitrogens with one attached hydrogen (secondary N) is 2. The van der Waals surface area contributed by atoms with Crippen LogP contribution in [0.1, 0.15) is 5.56 Å². The van der Waals surface area contributed by atoms with Crippen LogP contribution >= 0.6 is 35.6 Å². The van der Waals surface area contributed by atoms with Crippen LogP contribution in [0.5, 0.6) is 5.75 Å². The molecule has 0 aromatic heterocycles. The number of aliphatic imine (C=N–C) groups is 1. The quantitative estimate of drug-likeness (QED) is 0.228. The molecule has 2 aromatic carbocycles. The van der Waals surface area contributed by atoms with Crippen LogP contribution in [0.25, 0.3) is 0 Å². The van der Waals surface area contributed by atoms with Crippen LogP contribution in [0.4, 0.5) is 0 Å². The molecule has 2 rings (SSSR count). The molecule has 0 saturated carbocycles. The van der Waals surface area contributed by atoms with E-state index in [-0.39, 0.29) is 35.4 Å². The summed E-state index contributed by atoms with van der Waals surface area (Å²) in [6, 6.07) is 13.9. The standard InChI is InChI=1S/C19H25ClN4O3S.HI/c1-21-19(24(2)14-15-7-4-5-10-18(15)27-3)22-11-12-23-28(25,26)17-9-6-8-16(20)13-17;/h4-10,13,23H,11-12,14H2,1-3H3,(H,21,22);1H. The first-order valence-electron chi connectivity index (χ1n) is 8.66. The second kappa shape index (κ2) is 12.2. The molecular formula is C19H26ClIN4O3S. The van der Waals surface area contributed by atoms with Gasteiger partial charge < -0.3 is 15.0 Å². The van der Waals surface area contributed by atoms with Crippen molar-refractivity contribution in [1.29, 1.82) is 0 Å². The number of nitrogens with zero attached hydrogens (tertiary/aromatic N) is 2. The highest BCUT2D eigenvalue weighted by Gasteiger charge is 2.14. The van der Waals surface area contributed by atoms with Gasteiger partial charge in [-0.05, 0) is 24.3 Å². The highest BCUT2D eigenvalue weighted by Crippen LogP contribution is 2.18. The van der Waals surface area contributed by atoms with Crippen molar-refractivity contribution in [3.63, 3.8) is 0 Å². The lowest BCUT2D eigenvalue weighted by Crippen LogP contribution is -2.42. The molecule has 10 heteroatoms. The minimum absolute atomic E-state index is 0. The molecule has 0 aliphatic heterocycles. The minimum Gasteiger partial charge on any atom is -0.496 e. The summed E-state index contributed by atoms with van der Waals surface area (Å²) in [4.78, 5) is 6.31. The van der Waals surface area contributed by atoms with Crippen LogP contribution in [-0.4, -0.2) is 53.6 Å². The Morgan fingerprint density at radius 1 is 1.17 bits per heavy atom. The van der Waals surface area contributed by atoms with Gasteiger partial charge in [-0.15, -0.1) is 24.0 Å². The first-order chi connectivity index (χ1) is 13.4. The number of ether oxygens (including phenoxy) is 1. The maximum atomic E-state index is 12.3. The van der Waals surface area contributed by atoms with Crippen molar-refractivity contribution >= 4 is 51.6 Å². The molecule has 0 unspecified atom stereocenters. The molecule has 0 spiro atoms. The molecule has 0 radical (unpaired) electrons. The predicted octanol–water partition coefficient (Wildman–Crippen LogP) is 2.95. The second-order valence-electron chi connectivity index (χ2n) is 6.00. The maximum absolute atomic E-state index is 12.3. The largest absolute Gasteiger partial charge is 0.496 e. The van der Waals surface area contributed by atoms with Gasteiger partial charge in [-0.3, -0.25) is 4.99 Å². The number of sulfonamides is 1. The van der Waals surface area contributed by atoms with Crippen molar-refractivity contribution in [2.75, 3.05) is 34.3 Å². The van der Waals surface area contributed by atoms with Crippen LogP contribution in [0.15, 0.2) is 58.4 Å². The SMILES string of the molecule is CN=C(NCCNS(=O)(=O)c1cccc(Cl)c1)N(C)Cc1ccccc1OC.I. The van der Waals surface area contributed by atoms with E-state index in [9.17, 15) is 8.42 Å². The molecule has 0 heterocycles. The van der Waals surface area contributed by atoms with Crippen molar-refractivity contribution in [2.24, 2.45) is 4.99 Å². The number of halogens is 2. The fourth-order valence-corrected chi connectivity index (χ4v) is 3.96. The minimum atomic E-state index is -3.61. The van der Waals surface area contributed by atoms with E-state index >= 15 is 0 Å². The van der Waals surface area contributed by atoms with Gasteiger partial charge >= 0.3 is 0 Å². The zero-order valence-electron chi connectivity index (χ0n) is 16.6. The third-order valence-corrected chi connectivity index (χ3v) is 5.67. The monoisotopic (exact) mass is 552 g/mol. The molecule has 0 aliphatic carbocycles. The highest BCUT2D eigenvalue weighted by atomic mass is 127. The van der Waals surface area contributed by atoms with E-state index in [4.69, 9.17) is 16.3 Å². The Morgan fingerprint density at radius 2 is 1.90 bits per heavy atom. The molecule has 2 N–H and O–H groups in total. The van der Waals surface area contributed by atoms with Gasteiger partial charge in [-0.25, -0.2) is 13.1 Å². The maximum Gasteiger partial charge on any atom is 0.240 e. The highest BCUT2D eigenvalue weighted by molar-refractivity contribution is 14.0. The van der Waals surface area contributed by atoms with Crippen molar-refractivity contribution in [3.05, 3.63) is 59.1 Å². The summed E-state index contributed by atoms with van der Waals surface area (Å²) >= 11 is 5.86. The van der Waals surface area contributed by atoms with E-state index < -0.39 is 10.0 Å². The summed E-state index contributed by atoms with van der Waals surface area (Å²) in [5.41, 5.74) is 1.03. The Balaban J connectivity index is 0.00000420. The molecule has 160 valence electrons. The fraction of sp³-hybridized carbons (Fsp3) is 0.316. The van der Waals surface area contributed by atoms with Crippen molar-refractivity contribution in [2.45, 2.75) is 11.4 Å². The summed E-state index contributed by atoms with van der Waals surface area (Å²) in [6.45, 7) is 1.18. The summed E-state index contributed by atoms with van der Waals surface area (Å²) < 4.78 is 32.5. The lowest BCUT2D eigenvalue weighted by atomic mass is 10.2. The summed E-state index contributed by atoms with van der Waals surface area (Å²) in [7, 11) is 1.61. The van der Waals surface area contributed by atoms with Gasteiger partial charge in [0.05, 0.1) is 12.0 Å². The second-order valence-corrected chi connectivity index (χ2v) is 8.20. The predicted molar refractivity (Wildman–Crippen MR) is 128 cm³/mol. The number of para-hydroxylation sites is 1. The van der Waals surface area contributed by atoms with Crippen LogP contribution in [0.3, 0.4) is 0 Å². The van der Waals surface area contributed by atoms with Gasteiger partial charge in [-0.1, -0.05) is 35.9 Å². The smallest absolute Gasteiger partial charge is 0.240 e. The zero-order chi connectivity index (χ0) is 20.6. The number of hydrogen-bond acceptors (Lipinski definition) is 4. The third kappa shape index (κ3) is 7.65. The normalized spacial score (nSPS) is 11.5. The number of hydrogen-bond donors (Lipinski definition) is 2. The molecule has 2 aromatic rings. The topological polar surface area (TPSA) is 83.0 Å². The first kappa shape index (κ1) is 25.5. The van der Waals surface area contributed by atoms with Gasteiger partial charge in [0, 0.05) is 44.3 Å². The van der Waals surface area contributed by atoms with E-state index in [1.54, 1.807) is 26.3 Å². The van der Waals surface area contributed by atoms with Crippen LogP contribution in [0.2, 0.25) is 5.02 Å². The van der Waals surface area contributed by atoms with Crippen LogP contribution in [0, 0.1) is 0 Å². The molecule has 0 bridgehead atoms. The lowest BCUT2D eigenvalue weighted by Gasteiger charge is -2.23. The molecule has 29 heavy (non-hydrogen) atoms. The molecule has 0 fully saturated rings. The van der Waals surface area contributed by atoms with Gasteiger partial charge in [0.1, 0.15) is 5.75 Å². The molecular weight excluding hydrogens is 527 g/mol. The Morgan fingerprint density at radius 3 is 2.55 bits per heavy atom. The number of benzene rings is 2. The lowest BCUT2D eigenvalue weighted by molar-refractivity contribution is 0.396. The Kier molecular flexibility index (Phi) is 10.7. The Labute approximate surface area is 194 Å². The average Bonchev–Trinajstić information content (AvgIpc) is 2.68. The van der Waals surface area contributed by atoms with Gasteiger partial charge in [0.2, 0.25) is 10.0 Å². The zero-order valence-corrected chi connectivity index (χ0v) is 20.5. The van der Waals surface area contributed by atoms with Gasteiger partial charge in [-0.2, -0.15) is 0 Å². The van der Waals surface area contributed by atoms with Gasteiger partial charge in [0.25, 0.3) is 0 Å². The summed E-state index contributed by atoms with van der Waals surface area (Å²) in [5.74, 6) is 1.45. The summed E-state index contributed by atoms with van der Waals surface area (Å²) in [6.07, 6.45) is 0. The first-order valence-corrected chi connectivity index (χ1v) is 10.5. The van der Waals surface area contributed by atoms with E-state index in [0.717, 1.165) is 11.3 Å².